The minimum Gasteiger partial charge on any atom is -0.550 e. The Bertz CT molecular complexity index is 1140. The smallest absolute Gasteiger partial charge is 0.240 e. The lowest BCUT2D eigenvalue weighted by Crippen LogP contribution is -2.31. The van der Waals surface area contributed by atoms with E-state index in [0.29, 0.717) is 22.5 Å². The van der Waals surface area contributed by atoms with Gasteiger partial charge in [0, 0.05) is 36.5 Å². The minimum atomic E-state index is -3.67. The van der Waals surface area contributed by atoms with Crippen LogP contribution in [0.4, 0.5) is 10.3 Å². The van der Waals surface area contributed by atoms with E-state index >= 15 is 0 Å². The third-order valence-electron chi connectivity index (χ3n) is 4.94. The summed E-state index contributed by atoms with van der Waals surface area (Å²) in [6.45, 7) is 5.46. The van der Waals surface area contributed by atoms with Gasteiger partial charge in [-0.05, 0) is 37.1 Å². The first kappa shape index (κ1) is 27.4. The number of nitrogens with zero attached hydrogens (tertiary/aromatic N) is 3. The molecule has 0 unspecified atom stereocenters. The Balaban J connectivity index is 2.65. The molecule has 0 aliphatic heterocycles. The topological polar surface area (TPSA) is 144 Å². The fraction of sp³-hybridized carbons (Fsp3) is 0.435. The van der Waals surface area contributed by atoms with Crippen LogP contribution in [-0.2, 0) is 14.8 Å². The number of carboxylic acids is 1. The molecule has 0 bridgehead atoms. The van der Waals surface area contributed by atoms with Crippen molar-refractivity contribution >= 4 is 28.0 Å². The number of aromatic nitrogens is 2. The molecule has 186 valence electrons. The number of carbonyl (C=O) groups excluding carboxylic acids is 1. The quantitative estimate of drug-likeness (QED) is 0.478. The van der Waals surface area contributed by atoms with Crippen molar-refractivity contribution in [3.8, 4) is 11.3 Å². The summed E-state index contributed by atoms with van der Waals surface area (Å²) in [6, 6.07) is 5.50. The van der Waals surface area contributed by atoms with E-state index < -0.39 is 40.4 Å². The van der Waals surface area contributed by atoms with Crippen LogP contribution in [-0.4, -0.2) is 59.6 Å². The third kappa shape index (κ3) is 7.31. The maximum absolute atomic E-state index is 13.6. The number of anilines is 1. The molecule has 0 aliphatic carbocycles. The van der Waals surface area contributed by atoms with Gasteiger partial charge < -0.3 is 20.1 Å². The van der Waals surface area contributed by atoms with E-state index in [1.807, 2.05) is 13.8 Å². The first-order valence-corrected chi connectivity index (χ1v) is 12.6. The molecule has 9 nitrogen and oxygen atoms in total. The van der Waals surface area contributed by atoms with Crippen LogP contribution in [0, 0.1) is 5.82 Å². The van der Waals surface area contributed by atoms with Crippen LogP contribution in [0.1, 0.15) is 50.8 Å². The van der Waals surface area contributed by atoms with Gasteiger partial charge in [-0.2, -0.15) is 0 Å². The highest BCUT2D eigenvalue weighted by molar-refractivity contribution is 7.92. The minimum absolute atomic E-state index is 0.0323. The number of hydrogen-bond donors (Lipinski definition) is 2. The summed E-state index contributed by atoms with van der Waals surface area (Å²) < 4.78 is 39.2. The first-order valence-electron chi connectivity index (χ1n) is 10.7. The van der Waals surface area contributed by atoms with Crippen molar-refractivity contribution < 1.29 is 32.9 Å². The van der Waals surface area contributed by atoms with Crippen LogP contribution < -0.4 is 9.41 Å². The monoisotopic (exact) mass is 494 g/mol. The van der Waals surface area contributed by atoms with E-state index in [1.165, 1.54) is 36.4 Å². The van der Waals surface area contributed by atoms with Crippen LogP contribution in [0.5, 0.6) is 0 Å². The van der Waals surface area contributed by atoms with Gasteiger partial charge >= 0.3 is 0 Å². The second kappa shape index (κ2) is 11.5. The van der Waals surface area contributed by atoms with Gasteiger partial charge in [-0.3, -0.25) is 0 Å². The number of aliphatic hydroxyl groups excluding tert-OH is 2. The molecule has 34 heavy (non-hydrogen) atoms. The van der Waals surface area contributed by atoms with Gasteiger partial charge in [-0.1, -0.05) is 26.0 Å². The van der Waals surface area contributed by atoms with Gasteiger partial charge in [0.15, 0.2) is 0 Å². The molecule has 2 N–H and O–H groups in total. The fourth-order valence-electron chi connectivity index (χ4n) is 3.38. The average molecular weight is 495 g/mol. The molecule has 0 saturated heterocycles. The Hall–Kier alpha value is -2.89. The SMILES string of the molecule is CCN(c1nc(-c2ccc(F)cc2)c(/C=C/[C@@H](O)C[C@@H](O)CC(=O)[O-])c(C(C)C)n1)S(C)(=O)=O. The summed E-state index contributed by atoms with van der Waals surface area (Å²) in [6.07, 6.45) is 0.627. The lowest BCUT2D eigenvalue weighted by atomic mass is 9.97. The Labute approximate surface area is 198 Å². The summed E-state index contributed by atoms with van der Waals surface area (Å²) in [5.74, 6) is -2.10. The number of hydrogen-bond acceptors (Lipinski definition) is 8. The lowest BCUT2D eigenvalue weighted by Gasteiger charge is -2.22. The molecule has 1 aromatic heterocycles. The zero-order valence-corrected chi connectivity index (χ0v) is 20.3. The molecule has 1 aromatic carbocycles. The van der Waals surface area contributed by atoms with Gasteiger partial charge in [0.1, 0.15) is 5.82 Å². The molecule has 0 amide bonds. The maximum atomic E-state index is 13.6. The van der Waals surface area contributed by atoms with E-state index in [1.54, 1.807) is 6.92 Å². The summed E-state index contributed by atoms with van der Waals surface area (Å²) in [4.78, 5) is 19.6. The standard InChI is InChI=1S/C23H30FN3O6S/c1-5-27(34(4,32)33)23-25-21(14(2)3)19(11-10-17(28)12-18(29)13-20(30)31)22(26-23)15-6-8-16(24)9-7-15/h6-11,14,17-18,28-29H,5,12-13H2,1-4H3,(H,30,31)/p-1/b11-10+/t17-,18-/m1/s1. The molecule has 11 heteroatoms. The van der Waals surface area contributed by atoms with Gasteiger partial charge in [-0.25, -0.2) is 27.1 Å². The van der Waals surface area contributed by atoms with Crippen LogP contribution in [0.25, 0.3) is 17.3 Å². The van der Waals surface area contributed by atoms with Gasteiger partial charge in [0.2, 0.25) is 16.0 Å². The number of rotatable bonds is 11. The van der Waals surface area contributed by atoms with Gasteiger partial charge in [0.05, 0.1) is 29.9 Å². The number of halogens is 1. The molecule has 0 spiro atoms. The van der Waals surface area contributed by atoms with Crippen LogP contribution in [0.2, 0.25) is 0 Å². The summed E-state index contributed by atoms with van der Waals surface area (Å²) >= 11 is 0. The summed E-state index contributed by atoms with van der Waals surface area (Å²) in [5, 5.41) is 30.7. The predicted octanol–water partition coefficient (Wildman–Crippen LogP) is 1.46. The van der Waals surface area contributed by atoms with Crippen molar-refractivity contribution in [2.45, 2.75) is 51.7 Å². The van der Waals surface area contributed by atoms with E-state index in [2.05, 4.69) is 9.97 Å². The van der Waals surface area contributed by atoms with Crippen molar-refractivity contribution in [3.05, 3.63) is 47.4 Å². The molecule has 0 fully saturated rings. The first-order chi connectivity index (χ1) is 15.8. The second-order valence-electron chi connectivity index (χ2n) is 8.15. The largest absolute Gasteiger partial charge is 0.550 e. The Kier molecular flexibility index (Phi) is 9.25. The number of carbonyl (C=O) groups is 1. The zero-order chi connectivity index (χ0) is 25.6. The highest BCUT2D eigenvalue weighted by Gasteiger charge is 2.24. The van der Waals surface area contributed by atoms with E-state index in [0.717, 1.165) is 10.6 Å². The van der Waals surface area contributed by atoms with E-state index in [4.69, 9.17) is 0 Å². The number of benzene rings is 1. The summed E-state index contributed by atoms with van der Waals surface area (Å²) in [7, 11) is -3.67. The van der Waals surface area contributed by atoms with Crippen molar-refractivity contribution in [3.63, 3.8) is 0 Å². The van der Waals surface area contributed by atoms with Crippen LogP contribution in [0.3, 0.4) is 0 Å². The Morgan fingerprint density at radius 2 is 1.82 bits per heavy atom. The van der Waals surface area contributed by atoms with E-state index in [-0.39, 0.29) is 24.8 Å². The van der Waals surface area contributed by atoms with Crippen molar-refractivity contribution in [2.75, 3.05) is 17.1 Å². The van der Waals surface area contributed by atoms with Crippen LogP contribution in [0.15, 0.2) is 30.3 Å². The lowest BCUT2D eigenvalue weighted by molar-refractivity contribution is -0.307. The van der Waals surface area contributed by atoms with Crippen molar-refractivity contribution in [1.29, 1.82) is 0 Å². The van der Waals surface area contributed by atoms with Crippen molar-refractivity contribution in [2.24, 2.45) is 0 Å². The Morgan fingerprint density at radius 3 is 2.32 bits per heavy atom. The maximum Gasteiger partial charge on any atom is 0.240 e. The predicted molar refractivity (Wildman–Crippen MR) is 125 cm³/mol. The van der Waals surface area contributed by atoms with Crippen molar-refractivity contribution in [1.82, 2.24) is 9.97 Å². The normalized spacial score (nSPS) is 13.9. The Morgan fingerprint density at radius 1 is 1.21 bits per heavy atom. The molecule has 0 aliphatic rings. The molecule has 1 heterocycles. The second-order valence-corrected chi connectivity index (χ2v) is 10.1. The van der Waals surface area contributed by atoms with Crippen LogP contribution >= 0.6 is 0 Å². The summed E-state index contributed by atoms with van der Waals surface area (Å²) in [5.41, 5.74) is 1.80. The highest BCUT2D eigenvalue weighted by atomic mass is 32.2. The molecule has 0 saturated carbocycles. The van der Waals surface area contributed by atoms with Gasteiger partial charge in [0.25, 0.3) is 0 Å². The fourth-order valence-corrected chi connectivity index (χ4v) is 4.23. The highest BCUT2D eigenvalue weighted by Crippen LogP contribution is 2.32. The molecule has 2 aromatic rings. The molecule has 2 rings (SSSR count). The molecule has 2 atom stereocenters. The number of sulfonamides is 1. The molecular weight excluding hydrogens is 465 g/mol. The van der Waals surface area contributed by atoms with Gasteiger partial charge in [-0.15, -0.1) is 0 Å². The number of carboxylic acid groups (broad SMARTS) is 1. The molecule has 0 radical (unpaired) electrons. The molecular formula is C23H29FN3O6S-. The third-order valence-corrected chi connectivity index (χ3v) is 6.16. The number of aliphatic hydroxyl groups is 2. The zero-order valence-electron chi connectivity index (χ0n) is 19.5. The number of aliphatic carboxylic acids is 1. The average Bonchev–Trinajstić information content (AvgIpc) is 2.71. The van der Waals surface area contributed by atoms with E-state index in [9.17, 15) is 32.9 Å².